The molecule has 0 aliphatic heterocycles. The molecular formula is C22H22N2O3. The second-order valence-electron chi connectivity index (χ2n) is 6.41. The molecule has 5 heteroatoms. The minimum atomic E-state index is -0.230. The van der Waals surface area contributed by atoms with Crippen molar-refractivity contribution < 1.29 is 9.53 Å². The largest absolute Gasteiger partial charge is 0.496 e. The second-order valence-corrected chi connectivity index (χ2v) is 6.41. The summed E-state index contributed by atoms with van der Waals surface area (Å²) in [6.07, 6.45) is 0. The Kier molecular flexibility index (Phi) is 5.41. The maximum absolute atomic E-state index is 12.6. The average Bonchev–Trinajstić information content (AvgIpc) is 2.67. The normalized spacial score (nSPS) is 10.5. The molecule has 3 rings (SSSR count). The number of hydrogen-bond donors (Lipinski definition) is 2. The van der Waals surface area contributed by atoms with E-state index in [0.29, 0.717) is 11.1 Å². The lowest BCUT2D eigenvalue weighted by Gasteiger charge is -2.11. The number of amides is 1. The van der Waals surface area contributed by atoms with Crippen LogP contribution in [0.4, 0.5) is 0 Å². The van der Waals surface area contributed by atoms with Crippen LogP contribution in [-0.2, 0) is 6.54 Å². The van der Waals surface area contributed by atoms with E-state index in [1.54, 1.807) is 13.2 Å². The number of nitrogens with one attached hydrogen (secondary N) is 2. The highest BCUT2D eigenvalue weighted by atomic mass is 16.5. The molecule has 1 aromatic heterocycles. The number of aromatic nitrogens is 1. The molecule has 0 atom stereocenters. The number of carbonyl (C=O) groups excluding carboxylic acids is 1. The Morgan fingerprint density at radius 2 is 1.85 bits per heavy atom. The maximum atomic E-state index is 12.6. The topological polar surface area (TPSA) is 71.2 Å². The summed E-state index contributed by atoms with van der Waals surface area (Å²) in [4.78, 5) is 27.5. The van der Waals surface area contributed by atoms with Gasteiger partial charge in [-0.1, -0.05) is 30.3 Å². The fraction of sp³-hybridized carbons (Fsp3) is 0.182. The van der Waals surface area contributed by atoms with Gasteiger partial charge in [0.2, 0.25) is 0 Å². The SMILES string of the molecule is COc1ccccc1-c1cccc(C(=O)NCc2c(C)cc(C)[nH]c2=O)c1. The van der Waals surface area contributed by atoms with Crippen LogP contribution < -0.4 is 15.6 Å². The van der Waals surface area contributed by atoms with Crippen LogP contribution in [0.2, 0.25) is 0 Å². The summed E-state index contributed by atoms with van der Waals surface area (Å²) in [5, 5.41) is 2.83. The van der Waals surface area contributed by atoms with Crippen LogP contribution in [-0.4, -0.2) is 18.0 Å². The minimum absolute atomic E-state index is 0.171. The molecule has 3 aromatic rings. The molecule has 2 aromatic carbocycles. The van der Waals surface area contributed by atoms with Gasteiger partial charge in [0.05, 0.1) is 7.11 Å². The lowest BCUT2D eigenvalue weighted by molar-refractivity contribution is 0.0951. The molecule has 5 nitrogen and oxygen atoms in total. The van der Waals surface area contributed by atoms with Gasteiger partial charge >= 0.3 is 0 Å². The third kappa shape index (κ3) is 4.08. The molecule has 2 N–H and O–H groups in total. The van der Waals surface area contributed by atoms with Gasteiger partial charge in [0, 0.05) is 28.9 Å². The molecule has 0 spiro atoms. The first-order valence-electron chi connectivity index (χ1n) is 8.70. The zero-order valence-corrected chi connectivity index (χ0v) is 15.6. The molecule has 0 radical (unpaired) electrons. The van der Waals surface area contributed by atoms with E-state index in [-0.39, 0.29) is 18.0 Å². The molecule has 138 valence electrons. The zero-order valence-electron chi connectivity index (χ0n) is 15.6. The summed E-state index contributed by atoms with van der Waals surface area (Å²) in [5.41, 5.74) is 4.39. The van der Waals surface area contributed by atoms with E-state index >= 15 is 0 Å². The maximum Gasteiger partial charge on any atom is 0.253 e. The smallest absolute Gasteiger partial charge is 0.253 e. The molecule has 0 bridgehead atoms. The van der Waals surface area contributed by atoms with Crippen molar-refractivity contribution in [2.75, 3.05) is 7.11 Å². The van der Waals surface area contributed by atoms with Crippen LogP contribution in [0.1, 0.15) is 27.2 Å². The van der Waals surface area contributed by atoms with E-state index in [4.69, 9.17) is 4.74 Å². The first-order chi connectivity index (χ1) is 13.0. The Labute approximate surface area is 158 Å². The Hall–Kier alpha value is -3.34. The predicted octanol–water partition coefficient (Wildman–Crippen LogP) is 3.60. The van der Waals surface area contributed by atoms with E-state index in [1.807, 2.05) is 62.4 Å². The molecule has 0 unspecified atom stereocenters. The van der Waals surface area contributed by atoms with Crippen molar-refractivity contribution in [3.63, 3.8) is 0 Å². The molecule has 0 aliphatic carbocycles. The summed E-state index contributed by atoms with van der Waals surface area (Å²) in [7, 11) is 1.62. The molecule has 0 fully saturated rings. The molecule has 27 heavy (non-hydrogen) atoms. The zero-order chi connectivity index (χ0) is 19.4. The third-order valence-corrected chi connectivity index (χ3v) is 4.46. The van der Waals surface area contributed by atoms with Crippen molar-refractivity contribution in [2.45, 2.75) is 20.4 Å². The summed E-state index contributed by atoms with van der Waals surface area (Å²) < 4.78 is 5.40. The second kappa shape index (κ2) is 7.91. The Balaban J connectivity index is 1.81. The number of para-hydroxylation sites is 1. The first kappa shape index (κ1) is 18.5. The van der Waals surface area contributed by atoms with Crippen molar-refractivity contribution in [1.29, 1.82) is 0 Å². The van der Waals surface area contributed by atoms with Crippen molar-refractivity contribution in [1.82, 2.24) is 10.3 Å². The Morgan fingerprint density at radius 1 is 1.07 bits per heavy atom. The number of H-pyrrole nitrogens is 1. The van der Waals surface area contributed by atoms with Crippen molar-refractivity contribution in [2.24, 2.45) is 0 Å². The number of pyridine rings is 1. The summed E-state index contributed by atoms with van der Waals surface area (Å²) >= 11 is 0. The van der Waals surface area contributed by atoms with E-state index < -0.39 is 0 Å². The summed E-state index contributed by atoms with van der Waals surface area (Å²) in [6.45, 7) is 3.88. The van der Waals surface area contributed by atoms with Gasteiger partial charge in [-0.05, 0) is 49.2 Å². The van der Waals surface area contributed by atoms with Gasteiger partial charge in [-0.3, -0.25) is 9.59 Å². The summed E-state index contributed by atoms with van der Waals surface area (Å²) in [6, 6.07) is 16.9. The Morgan fingerprint density at radius 3 is 2.59 bits per heavy atom. The summed E-state index contributed by atoms with van der Waals surface area (Å²) in [5.74, 6) is 0.517. The number of aromatic amines is 1. The average molecular weight is 362 g/mol. The number of methoxy groups -OCH3 is 1. The van der Waals surface area contributed by atoms with Gasteiger partial charge in [-0.15, -0.1) is 0 Å². The van der Waals surface area contributed by atoms with Gasteiger partial charge in [0.15, 0.2) is 0 Å². The third-order valence-electron chi connectivity index (χ3n) is 4.46. The minimum Gasteiger partial charge on any atom is -0.496 e. The van der Waals surface area contributed by atoms with E-state index in [2.05, 4.69) is 10.3 Å². The molecule has 0 saturated carbocycles. The number of benzene rings is 2. The first-order valence-corrected chi connectivity index (χ1v) is 8.70. The van der Waals surface area contributed by atoms with E-state index in [1.165, 1.54) is 0 Å². The lowest BCUT2D eigenvalue weighted by Crippen LogP contribution is -2.27. The van der Waals surface area contributed by atoms with E-state index in [0.717, 1.165) is 28.1 Å². The van der Waals surface area contributed by atoms with Gasteiger partial charge in [-0.2, -0.15) is 0 Å². The van der Waals surface area contributed by atoms with Gasteiger partial charge in [-0.25, -0.2) is 0 Å². The van der Waals surface area contributed by atoms with Gasteiger partial charge in [0.25, 0.3) is 11.5 Å². The number of aryl methyl sites for hydroxylation is 2. The van der Waals surface area contributed by atoms with Crippen LogP contribution in [0, 0.1) is 13.8 Å². The van der Waals surface area contributed by atoms with Crippen molar-refractivity contribution >= 4 is 5.91 Å². The fourth-order valence-corrected chi connectivity index (χ4v) is 3.08. The number of carbonyl (C=O) groups is 1. The van der Waals surface area contributed by atoms with Crippen molar-refractivity contribution in [3.8, 4) is 16.9 Å². The molecule has 0 saturated heterocycles. The lowest BCUT2D eigenvalue weighted by atomic mass is 10.0. The molecule has 1 heterocycles. The van der Waals surface area contributed by atoms with Crippen LogP contribution in [0.15, 0.2) is 59.4 Å². The number of rotatable bonds is 5. The standard InChI is InChI=1S/C22H22N2O3/c1-14-11-15(2)24-22(26)19(14)13-23-21(25)17-8-6-7-16(12-17)18-9-4-5-10-20(18)27-3/h4-12H,13H2,1-3H3,(H,23,25)(H,24,26). The van der Waals surface area contributed by atoms with E-state index in [9.17, 15) is 9.59 Å². The molecule has 0 aliphatic rings. The predicted molar refractivity (Wildman–Crippen MR) is 106 cm³/mol. The highest BCUT2D eigenvalue weighted by Crippen LogP contribution is 2.29. The van der Waals surface area contributed by atoms with Crippen LogP contribution in [0.5, 0.6) is 5.75 Å². The fourth-order valence-electron chi connectivity index (χ4n) is 3.08. The van der Waals surface area contributed by atoms with Gasteiger partial charge < -0.3 is 15.0 Å². The van der Waals surface area contributed by atoms with Crippen LogP contribution >= 0.6 is 0 Å². The van der Waals surface area contributed by atoms with Crippen molar-refractivity contribution in [3.05, 3.63) is 87.3 Å². The molecule has 1 amide bonds. The number of hydrogen-bond acceptors (Lipinski definition) is 3. The molecular weight excluding hydrogens is 340 g/mol. The number of ether oxygens (including phenoxy) is 1. The van der Waals surface area contributed by atoms with Crippen LogP contribution in [0.25, 0.3) is 11.1 Å². The highest BCUT2D eigenvalue weighted by molar-refractivity contribution is 5.95. The highest BCUT2D eigenvalue weighted by Gasteiger charge is 2.11. The van der Waals surface area contributed by atoms with Crippen LogP contribution in [0.3, 0.4) is 0 Å². The monoisotopic (exact) mass is 362 g/mol. The Bertz CT molecular complexity index is 1040. The van der Waals surface area contributed by atoms with Gasteiger partial charge in [0.1, 0.15) is 5.75 Å². The quantitative estimate of drug-likeness (QED) is 0.728.